The molecule has 0 rings (SSSR count). The second-order valence-electron chi connectivity index (χ2n) is 7.26. The SMILES string of the molecule is CC(C)(CO)CO.CC(C)(COS(C)(=O)=O)COS(C)(=O)=O.CS(=O)(=O)Cl. The first-order valence-electron chi connectivity index (χ1n) is 7.34. The highest BCUT2D eigenvalue weighted by Gasteiger charge is 2.23. The van der Waals surface area contributed by atoms with Crippen molar-refractivity contribution in [1.29, 1.82) is 0 Å². The van der Waals surface area contributed by atoms with Gasteiger partial charge in [-0.25, -0.2) is 8.42 Å². The Balaban J connectivity index is -0.000000396. The van der Waals surface area contributed by atoms with Gasteiger partial charge in [-0.1, -0.05) is 27.7 Å². The first kappa shape index (κ1) is 31.7. The van der Waals surface area contributed by atoms with Gasteiger partial charge in [0.1, 0.15) is 0 Å². The maximum absolute atomic E-state index is 10.7. The first-order chi connectivity index (χ1) is 11.5. The van der Waals surface area contributed by atoms with Crippen molar-refractivity contribution in [1.82, 2.24) is 0 Å². The summed E-state index contributed by atoms with van der Waals surface area (Å²) in [6.07, 6.45) is 2.79. The number of rotatable bonds is 8. The lowest BCUT2D eigenvalue weighted by Gasteiger charge is -2.22. The minimum Gasteiger partial charge on any atom is -0.396 e. The standard InChI is InChI=1S/C7H16O6S2.C5H12O2.CH3ClO2S/c1-7(2,5-12-14(3,8)9)6-13-15(4,10)11;1-5(2,3-6)4-7;1-5(2,3)4/h5-6H2,1-4H3;6-7H,3-4H2,1-2H3;1H3. The molecule has 0 aromatic carbocycles. The Morgan fingerprint density at radius 3 is 1.04 bits per heavy atom. The van der Waals surface area contributed by atoms with Crippen LogP contribution in [0, 0.1) is 10.8 Å². The van der Waals surface area contributed by atoms with E-state index in [0.29, 0.717) is 0 Å². The Kier molecular flexibility index (Phi) is 14.7. The van der Waals surface area contributed by atoms with Gasteiger partial charge in [0, 0.05) is 21.5 Å². The predicted molar refractivity (Wildman–Crippen MR) is 104 cm³/mol. The third-order valence-electron chi connectivity index (χ3n) is 2.18. The molecule has 0 aromatic heterocycles. The van der Waals surface area contributed by atoms with Crippen LogP contribution in [0.2, 0.25) is 0 Å². The summed E-state index contributed by atoms with van der Waals surface area (Å²) in [5.74, 6) is 0. The van der Waals surface area contributed by atoms with Crippen LogP contribution < -0.4 is 0 Å². The van der Waals surface area contributed by atoms with Crippen molar-refractivity contribution in [2.45, 2.75) is 27.7 Å². The zero-order valence-electron chi connectivity index (χ0n) is 16.6. The van der Waals surface area contributed by atoms with Crippen LogP contribution in [-0.2, 0) is 37.7 Å². The lowest BCUT2D eigenvalue weighted by atomic mass is 9.97. The van der Waals surface area contributed by atoms with Gasteiger partial charge in [0.05, 0.1) is 45.2 Å². The fraction of sp³-hybridized carbons (Fsp3) is 1.00. The molecule has 0 spiro atoms. The smallest absolute Gasteiger partial charge is 0.264 e. The van der Waals surface area contributed by atoms with E-state index in [9.17, 15) is 25.3 Å². The third-order valence-corrected chi connectivity index (χ3v) is 3.28. The lowest BCUT2D eigenvalue weighted by Crippen LogP contribution is -2.28. The van der Waals surface area contributed by atoms with E-state index in [-0.39, 0.29) is 31.8 Å². The Bertz CT molecular complexity index is 657. The molecule has 0 unspecified atom stereocenters. The molecule has 0 radical (unpaired) electrons. The van der Waals surface area contributed by atoms with Crippen LogP contribution in [0.3, 0.4) is 0 Å². The molecule has 2 N–H and O–H groups in total. The summed E-state index contributed by atoms with van der Waals surface area (Å²) in [4.78, 5) is 0. The third kappa shape index (κ3) is 37.4. The second kappa shape index (κ2) is 12.5. The van der Waals surface area contributed by atoms with Crippen molar-refractivity contribution in [3.05, 3.63) is 0 Å². The number of hydrogen-bond acceptors (Lipinski definition) is 10. The van der Waals surface area contributed by atoms with E-state index in [1.807, 2.05) is 0 Å². The van der Waals surface area contributed by atoms with Crippen LogP contribution in [0.5, 0.6) is 0 Å². The van der Waals surface area contributed by atoms with Crippen LogP contribution in [0.1, 0.15) is 27.7 Å². The molecule has 0 aliphatic rings. The van der Waals surface area contributed by atoms with E-state index in [1.165, 1.54) is 0 Å². The molecule has 168 valence electrons. The molecule has 0 fully saturated rings. The van der Waals surface area contributed by atoms with Gasteiger partial charge < -0.3 is 10.2 Å². The summed E-state index contributed by atoms with van der Waals surface area (Å²) in [6.45, 7) is 6.72. The number of aliphatic hydroxyl groups excluding tert-OH is 2. The first-order valence-corrected chi connectivity index (χ1v) is 13.7. The summed E-state index contributed by atoms with van der Waals surface area (Å²) in [7, 11) is -5.72. The summed E-state index contributed by atoms with van der Waals surface area (Å²) < 4.78 is 70.7. The Hall–Kier alpha value is -0.0200. The minimum atomic E-state index is -3.52. The highest BCUT2D eigenvalue weighted by molar-refractivity contribution is 8.13. The van der Waals surface area contributed by atoms with E-state index in [2.05, 4.69) is 19.0 Å². The molecule has 0 heterocycles. The maximum atomic E-state index is 10.7. The molecule has 10 nitrogen and oxygen atoms in total. The molecule has 14 heteroatoms. The minimum absolute atomic E-state index is 0.0451. The summed E-state index contributed by atoms with van der Waals surface area (Å²) in [5, 5.41) is 16.9. The topological polar surface area (TPSA) is 161 Å². The fourth-order valence-electron chi connectivity index (χ4n) is 0.625. The van der Waals surface area contributed by atoms with E-state index < -0.39 is 34.7 Å². The quantitative estimate of drug-likeness (QED) is 0.362. The molecule has 0 bridgehead atoms. The Labute approximate surface area is 167 Å². The van der Waals surface area contributed by atoms with E-state index >= 15 is 0 Å². The van der Waals surface area contributed by atoms with Crippen LogP contribution in [0.15, 0.2) is 0 Å². The van der Waals surface area contributed by atoms with Crippen molar-refractivity contribution in [2.24, 2.45) is 10.8 Å². The monoisotopic (exact) mass is 478 g/mol. The summed E-state index contributed by atoms with van der Waals surface area (Å²) in [5.41, 5.74) is -0.994. The largest absolute Gasteiger partial charge is 0.396 e. The Morgan fingerprint density at radius 1 is 0.704 bits per heavy atom. The number of halogens is 1. The van der Waals surface area contributed by atoms with Crippen molar-refractivity contribution < 1.29 is 43.8 Å². The van der Waals surface area contributed by atoms with Gasteiger partial charge >= 0.3 is 0 Å². The number of hydrogen-bond donors (Lipinski definition) is 2. The van der Waals surface area contributed by atoms with E-state index in [0.717, 1.165) is 18.8 Å². The van der Waals surface area contributed by atoms with E-state index in [4.69, 9.17) is 10.2 Å². The summed E-state index contributed by atoms with van der Waals surface area (Å²) >= 11 is 0. The van der Waals surface area contributed by atoms with Crippen molar-refractivity contribution in [3.8, 4) is 0 Å². The average Bonchev–Trinajstić information content (AvgIpc) is 2.41. The zero-order chi connectivity index (χ0) is 22.7. The van der Waals surface area contributed by atoms with Crippen LogP contribution in [0.4, 0.5) is 0 Å². The normalized spacial score (nSPS) is 13.1. The Morgan fingerprint density at radius 2 is 0.926 bits per heavy atom. The van der Waals surface area contributed by atoms with Crippen molar-refractivity contribution in [3.63, 3.8) is 0 Å². The molecule has 0 saturated carbocycles. The maximum Gasteiger partial charge on any atom is 0.264 e. The molecular formula is C13H31ClO10S3. The molecular weight excluding hydrogens is 448 g/mol. The van der Waals surface area contributed by atoms with Crippen molar-refractivity contribution in [2.75, 3.05) is 45.2 Å². The van der Waals surface area contributed by atoms with Gasteiger partial charge in [-0.15, -0.1) is 0 Å². The van der Waals surface area contributed by atoms with Crippen LogP contribution in [-0.4, -0.2) is 80.7 Å². The molecule has 0 aromatic rings. The average molecular weight is 479 g/mol. The van der Waals surface area contributed by atoms with Gasteiger partial charge in [-0.2, -0.15) is 16.8 Å². The highest BCUT2D eigenvalue weighted by atomic mass is 35.7. The molecule has 0 aliphatic carbocycles. The lowest BCUT2D eigenvalue weighted by molar-refractivity contribution is 0.0857. The molecule has 0 saturated heterocycles. The van der Waals surface area contributed by atoms with Crippen molar-refractivity contribution >= 4 is 40.0 Å². The molecule has 0 atom stereocenters. The van der Waals surface area contributed by atoms with Gasteiger partial charge in [-0.05, 0) is 0 Å². The van der Waals surface area contributed by atoms with Gasteiger partial charge in [0.25, 0.3) is 20.2 Å². The molecule has 27 heavy (non-hydrogen) atoms. The number of aliphatic hydroxyl groups is 2. The van der Waals surface area contributed by atoms with Crippen LogP contribution >= 0.6 is 10.7 Å². The van der Waals surface area contributed by atoms with Gasteiger partial charge in [-0.3, -0.25) is 8.37 Å². The van der Waals surface area contributed by atoms with Gasteiger partial charge in [0.2, 0.25) is 9.05 Å². The summed E-state index contributed by atoms with van der Waals surface area (Å²) in [6, 6.07) is 0. The van der Waals surface area contributed by atoms with Gasteiger partial charge in [0.15, 0.2) is 0 Å². The van der Waals surface area contributed by atoms with Crippen LogP contribution in [0.25, 0.3) is 0 Å². The fourth-order valence-corrected chi connectivity index (χ4v) is 1.69. The molecule has 0 aliphatic heterocycles. The highest BCUT2D eigenvalue weighted by Crippen LogP contribution is 2.17. The zero-order valence-corrected chi connectivity index (χ0v) is 19.8. The predicted octanol–water partition coefficient (Wildman–Crippen LogP) is 0.147. The molecule has 0 amide bonds. The van der Waals surface area contributed by atoms with E-state index in [1.54, 1.807) is 27.7 Å². The second-order valence-corrected chi connectivity index (χ2v) is 13.6.